The summed E-state index contributed by atoms with van der Waals surface area (Å²) in [7, 11) is 0. The number of pyridine rings is 2. The molecule has 4 aliphatic rings. The van der Waals surface area contributed by atoms with Crippen molar-refractivity contribution in [3.8, 4) is 35.0 Å². The van der Waals surface area contributed by atoms with Gasteiger partial charge in [0, 0.05) is 49.4 Å². The van der Waals surface area contributed by atoms with Gasteiger partial charge in [-0.15, -0.1) is 0 Å². The van der Waals surface area contributed by atoms with Crippen molar-refractivity contribution in [3.63, 3.8) is 0 Å². The van der Waals surface area contributed by atoms with Gasteiger partial charge in [-0.2, -0.15) is 0 Å². The van der Waals surface area contributed by atoms with Crippen molar-refractivity contribution in [1.82, 2.24) is 40.1 Å². The van der Waals surface area contributed by atoms with Crippen molar-refractivity contribution < 1.29 is 28.5 Å². The third kappa shape index (κ3) is 10.1. The summed E-state index contributed by atoms with van der Waals surface area (Å²) in [6.07, 6.45) is 16.9. The van der Waals surface area contributed by atoms with E-state index in [-0.39, 0.29) is 30.4 Å². The van der Waals surface area contributed by atoms with E-state index in [0.717, 1.165) is 67.5 Å². The first kappa shape index (κ1) is 40.1. The molecule has 57 heavy (non-hydrogen) atoms. The van der Waals surface area contributed by atoms with E-state index in [1.54, 1.807) is 12.4 Å². The molecule has 14 heteroatoms. The molecule has 4 atom stereocenters. The van der Waals surface area contributed by atoms with Crippen LogP contribution in [0.3, 0.4) is 0 Å². The molecule has 4 aromatic heterocycles. The molecule has 4 bridgehead atoms. The number of fused-ring (bicyclic) bond motifs is 4. The summed E-state index contributed by atoms with van der Waals surface area (Å²) >= 11 is 0. The van der Waals surface area contributed by atoms with E-state index in [1.165, 1.54) is 31.9 Å². The highest BCUT2D eigenvalue weighted by Crippen LogP contribution is 2.38. The van der Waals surface area contributed by atoms with Crippen LogP contribution in [-0.2, 0) is 4.74 Å². The summed E-state index contributed by atoms with van der Waals surface area (Å²) in [4.78, 5) is 40.5. The molecule has 0 saturated carbocycles. The summed E-state index contributed by atoms with van der Waals surface area (Å²) in [6, 6.07) is 8.83. The number of amides is 1. The second kappa shape index (κ2) is 17.6. The number of piperidine rings is 4. The Labute approximate surface area is 335 Å². The predicted octanol–water partition coefficient (Wildman–Crippen LogP) is 8.31. The van der Waals surface area contributed by atoms with E-state index < -0.39 is 5.60 Å². The fourth-order valence-corrected chi connectivity index (χ4v) is 8.31. The zero-order valence-corrected chi connectivity index (χ0v) is 34.2. The van der Waals surface area contributed by atoms with E-state index in [0.29, 0.717) is 47.1 Å². The normalized spacial score (nSPS) is 24.0. The Morgan fingerprint density at radius 1 is 0.649 bits per heavy atom. The van der Waals surface area contributed by atoms with Gasteiger partial charge < -0.3 is 33.9 Å². The van der Waals surface area contributed by atoms with Crippen LogP contribution in [0.4, 0.5) is 4.79 Å². The highest BCUT2D eigenvalue weighted by Gasteiger charge is 2.43. The molecule has 0 aliphatic carbocycles. The van der Waals surface area contributed by atoms with Gasteiger partial charge in [-0.25, -0.2) is 24.7 Å². The lowest BCUT2D eigenvalue weighted by Gasteiger charge is -2.48. The zero-order valence-electron chi connectivity index (χ0n) is 34.2. The van der Waals surface area contributed by atoms with Crippen LogP contribution in [0.1, 0.15) is 107 Å². The molecular weight excluding hydrogens is 725 g/mol. The van der Waals surface area contributed by atoms with Crippen molar-refractivity contribution in [1.29, 1.82) is 0 Å². The molecule has 4 saturated heterocycles. The van der Waals surface area contributed by atoms with Gasteiger partial charge in [-0.1, -0.05) is 6.42 Å². The number of ether oxygens (including phenoxy) is 5. The van der Waals surface area contributed by atoms with Crippen molar-refractivity contribution in [2.75, 3.05) is 0 Å². The number of aryl methyl sites for hydroxylation is 2. The quantitative estimate of drug-likeness (QED) is 0.182. The molecule has 0 radical (unpaired) electrons. The van der Waals surface area contributed by atoms with Gasteiger partial charge in [0.15, 0.2) is 11.5 Å². The van der Waals surface area contributed by atoms with E-state index in [1.807, 2.05) is 77.6 Å². The van der Waals surface area contributed by atoms with Crippen LogP contribution < -0.4 is 24.3 Å². The molecule has 304 valence electrons. The van der Waals surface area contributed by atoms with E-state index in [9.17, 15) is 4.79 Å². The minimum Gasteiger partial charge on any atom is -0.474 e. The lowest BCUT2D eigenvalue weighted by atomic mass is 9.83. The maximum atomic E-state index is 12.8. The number of nitrogens with zero attached hydrogens (tertiary/aromatic N) is 7. The van der Waals surface area contributed by atoms with E-state index >= 15 is 0 Å². The van der Waals surface area contributed by atoms with Crippen LogP contribution in [0.25, 0.3) is 0 Å². The molecule has 0 aromatic carbocycles. The summed E-state index contributed by atoms with van der Waals surface area (Å²) in [5.41, 5.74) is 2.69. The maximum Gasteiger partial charge on any atom is 0.410 e. The fraction of sp³-hybridized carbons (Fsp3) is 0.558. The van der Waals surface area contributed by atoms with Crippen molar-refractivity contribution >= 4 is 6.09 Å². The van der Waals surface area contributed by atoms with Crippen LogP contribution in [-0.4, -0.2) is 82.9 Å². The van der Waals surface area contributed by atoms with Crippen molar-refractivity contribution in [2.45, 2.75) is 155 Å². The Morgan fingerprint density at radius 2 is 1.11 bits per heavy atom. The molecule has 8 heterocycles. The Balaban J connectivity index is 0.000000179. The van der Waals surface area contributed by atoms with Crippen LogP contribution in [0.15, 0.2) is 49.3 Å². The molecule has 0 spiro atoms. The third-order valence-electron chi connectivity index (χ3n) is 11.1. The lowest BCUT2D eigenvalue weighted by molar-refractivity contribution is -0.0413. The number of nitrogens with one attached hydrogen (secondary N) is 1. The summed E-state index contributed by atoms with van der Waals surface area (Å²) < 4.78 is 30.2. The lowest BCUT2D eigenvalue weighted by Crippen LogP contribution is -2.57. The number of aromatic nitrogens is 6. The molecule has 1 N–H and O–H groups in total. The maximum absolute atomic E-state index is 12.8. The van der Waals surface area contributed by atoms with Gasteiger partial charge in [0.05, 0.1) is 22.5 Å². The minimum atomic E-state index is -0.500. The molecule has 14 nitrogen and oxygen atoms in total. The number of carbonyl (C=O) groups is 1. The number of hydrogen-bond acceptors (Lipinski definition) is 13. The zero-order chi connectivity index (χ0) is 40.1. The van der Waals surface area contributed by atoms with Gasteiger partial charge in [-0.05, 0) is 118 Å². The monoisotopic (exact) mass is 780 g/mol. The molecule has 4 aromatic rings. The third-order valence-corrected chi connectivity index (χ3v) is 11.1. The van der Waals surface area contributed by atoms with E-state index in [4.69, 9.17) is 23.7 Å². The first-order chi connectivity index (χ1) is 27.4. The van der Waals surface area contributed by atoms with E-state index in [2.05, 4.69) is 35.2 Å². The first-order valence-corrected chi connectivity index (χ1v) is 20.3. The first-order valence-electron chi connectivity index (χ1n) is 20.3. The number of rotatable bonds is 8. The predicted molar refractivity (Wildman–Crippen MR) is 213 cm³/mol. The summed E-state index contributed by atoms with van der Waals surface area (Å²) in [5, 5.41) is 3.69. The molecule has 4 unspecified atom stereocenters. The Hall–Kier alpha value is -5.11. The number of hydrogen-bond donors (Lipinski definition) is 1. The average molecular weight is 781 g/mol. The second-order valence-electron chi connectivity index (χ2n) is 16.6. The summed E-state index contributed by atoms with van der Waals surface area (Å²) in [5.74, 6) is 3.47. The van der Waals surface area contributed by atoms with Gasteiger partial charge in [-0.3, -0.25) is 9.97 Å². The minimum absolute atomic E-state index is 0.0226. The Bertz CT molecular complexity index is 1980. The fourth-order valence-electron chi connectivity index (χ4n) is 8.31. The van der Waals surface area contributed by atoms with Gasteiger partial charge >= 0.3 is 6.09 Å². The molecule has 8 rings (SSSR count). The van der Waals surface area contributed by atoms with Crippen LogP contribution in [0.5, 0.6) is 35.0 Å². The largest absolute Gasteiger partial charge is 0.474 e. The van der Waals surface area contributed by atoms with Crippen LogP contribution in [0.2, 0.25) is 0 Å². The molecule has 4 aliphatic heterocycles. The summed E-state index contributed by atoms with van der Waals surface area (Å²) in [6.45, 7) is 13.4. The Morgan fingerprint density at radius 3 is 1.58 bits per heavy atom. The Kier molecular flexibility index (Phi) is 12.4. The van der Waals surface area contributed by atoms with Gasteiger partial charge in [0.2, 0.25) is 23.5 Å². The SMILES string of the molecule is Cc1ncccc1Oc1ncnc(OC2CC3CCCC(C2)N3)c1C.Cc1ncccc1Oc1ncnc(OC2CC3CCCC(C2)N3C(=O)OC(C)(C)C)c1C. The smallest absolute Gasteiger partial charge is 0.410 e. The molecular formula is C43H56N8O6. The molecule has 4 fully saturated rings. The highest BCUT2D eigenvalue weighted by atomic mass is 16.6. The molecule has 1 amide bonds. The van der Waals surface area contributed by atoms with Crippen LogP contribution >= 0.6 is 0 Å². The topological polar surface area (TPSA) is 156 Å². The second-order valence-corrected chi connectivity index (χ2v) is 16.6. The van der Waals surface area contributed by atoms with Crippen molar-refractivity contribution in [3.05, 3.63) is 71.8 Å². The van der Waals surface area contributed by atoms with Gasteiger partial charge in [0.1, 0.15) is 30.5 Å². The number of carbonyl (C=O) groups excluding carboxylic acids is 1. The van der Waals surface area contributed by atoms with Crippen LogP contribution in [0, 0.1) is 27.7 Å². The van der Waals surface area contributed by atoms with Crippen molar-refractivity contribution in [2.24, 2.45) is 0 Å². The van der Waals surface area contributed by atoms with Gasteiger partial charge in [0.25, 0.3) is 0 Å². The average Bonchev–Trinajstić information content (AvgIpc) is 3.16. The highest BCUT2D eigenvalue weighted by molar-refractivity contribution is 5.69. The standard InChI is InChI=1S/C24H32N4O4.C19H24N4O2/c1-15-21(26-14-27-22(15)31-20-10-7-11-25-16(20)2)30-19-12-17-8-6-9-18(13-19)28(17)23(29)32-24(3,4)5;1-12-18(24-16-9-14-5-3-6-15(10-16)23-14)21-11-22-19(12)25-17-7-4-8-20-13(17)2/h7,10-11,14,17-19H,6,8-9,12-13H2,1-5H3;4,7-8,11,14-16,23H,3,5-6,9-10H2,1-2H3.